The summed E-state index contributed by atoms with van der Waals surface area (Å²) in [5, 5.41) is 0. The lowest BCUT2D eigenvalue weighted by Gasteiger charge is -2.34. The quantitative estimate of drug-likeness (QED) is 0.120. The zero-order valence-corrected chi connectivity index (χ0v) is 39.7. The van der Waals surface area contributed by atoms with Crippen molar-refractivity contribution in [1.82, 2.24) is 0 Å². The lowest BCUT2D eigenvalue weighted by molar-refractivity contribution is 0.769. The maximum absolute atomic E-state index is 2.47. The molecule has 0 unspecified atom stereocenters. The van der Waals surface area contributed by atoms with Crippen LogP contribution in [0.5, 0.6) is 0 Å². The van der Waals surface area contributed by atoms with Crippen LogP contribution in [0.3, 0.4) is 0 Å². The molecule has 0 aliphatic heterocycles. The third kappa shape index (κ3) is 8.41. The van der Waals surface area contributed by atoms with Crippen molar-refractivity contribution in [2.45, 2.75) is 33.1 Å². The number of benzene rings is 10. The molecular formula is C69H54. The average molecular weight is 883 g/mol. The van der Waals surface area contributed by atoms with E-state index in [0.717, 1.165) is 11.1 Å². The van der Waals surface area contributed by atoms with Crippen molar-refractivity contribution in [3.05, 3.63) is 321 Å². The van der Waals surface area contributed by atoms with Gasteiger partial charge in [0.1, 0.15) is 0 Å². The third-order valence-corrected chi connectivity index (χ3v) is 14.1. The zero-order chi connectivity index (χ0) is 46.9. The molecule has 1 aliphatic carbocycles. The molecule has 0 heterocycles. The van der Waals surface area contributed by atoms with Crippen molar-refractivity contribution >= 4 is 23.3 Å². The molecule has 0 heteroatoms. The van der Waals surface area contributed by atoms with Gasteiger partial charge in [0.05, 0.1) is 5.41 Å². The van der Waals surface area contributed by atoms with Crippen LogP contribution in [0.4, 0.5) is 0 Å². The molecule has 0 spiro atoms. The van der Waals surface area contributed by atoms with E-state index in [1.807, 2.05) is 0 Å². The first-order valence-electron chi connectivity index (χ1n) is 24.1. The second kappa shape index (κ2) is 18.4. The van der Waals surface area contributed by atoms with E-state index in [0.29, 0.717) is 0 Å². The maximum Gasteiger partial charge on any atom is 0.0714 e. The molecule has 0 amide bonds. The third-order valence-electron chi connectivity index (χ3n) is 14.1. The summed E-state index contributed by atoms with van der Waals surface area (Å²) in [6.07, 6.45) is 4.70. The van der Waals surface area contributed by atoms with E-state index in [1.165, 1.54) is 111 Å². The summed E-state index contributed by atoms with van der Waals surface area (Å²) in [7, 11) is 0. The first-order chi connectivity index (χ1) is 33.8. The van der Waals surface area contributed by atoms with Gasteiger partial charge in [-0.15, -0.1) is 0 Å². The van der Waals surface area contributed by atoms with Crippen LogP contribution in [0.25, 0.3) is 56.7 Å². The Morgan fingerprint density at radius 3 is 0.899 bits per heavy atom. The monoisotopic (exact) mass is 882 g/mol. The van der Waals surface area contributed by atoms with Crippen LogP contribution >= 0.6 is 0 Å². The first kappa shape index (κ1) is 43.3. The van der Waals surface area contributed by atoms with Gasteiger partial charge in [0, 0.05) is 0 Å². The van der Waals surface area contributed by atoms with Gasteiger partial charge in [-0.25, -0.2) is 0 Å². The van der Waals surface area contributed by atoms with Gasteiger partial charge in [-0.3, -0.25) is 0 Å². The van der Waals surface area contributed by atoms with Gasteiger partial charge in [0.2, 0.25) is 0 Å². The minimum absolute atomic E-state index is 0.641. The standard InChI is InChI=1S/C69H54/c1-47-15-27-55(28-16-47)65(56-29-17-48(2)18-30-56)43-51-23-37-61(38-24-51)69(62-39-25-52(26-40-62)44-66(57-31-19-49(3)20-32-57)58-33-21-50(4)22-34-58)67-45-59(53-11-7-5-8-12-53)35-41-63(67)64-42-36-60(46-68(64)69)54-13-9-6-10-14-54/h5-46H,1-4H3. The molecule has 10 aromatic rings. The van der Waals surface area contributed by atoms with Crippen LogP contribution in [-0.4, -0.2) is 0 Å². The molecule has 0 saturated heterocycles. The van der Waals surface area contributed by atoms with E-state index < -0.39 is 5.41 Å². The summed E-state index contributed by atoms with van der Waals surface area (Å²) in [5.74, 6) is 0. The fourth-order valence-electron chi connectivity index (χ4n) is 10.3. The number of aryl methyl sites for hydroxylation is 4. The van der Waals surface area contributed by atoms with Crippen LogP contribution in [0.15, 0.2) is 243 Å². The van der Waals surface area contributed by atoms with Crippen LogP contribution in [0.2, 0.25) is 0 Å². The molecule has 0 atom stereocenters. The molecule has 330 valence electrons. The van der Waals surface area contributed by atoms with Crippen LogP contribution in [-0.2, 0) is 5.41 Å². The predicted molar refractivity (Wildman–Crippen MR) is 293 cm³/mol. The number of rotatable bonds is 10. The predicted octanol–water partition coefficient (Wildman–Crippen LogP) is 17.8. The van der Waals surface area contributed by atoms with Gasteiger partial charge >= 0.3 is 0 Å². The number of fused-ring (bicyclic) bond motifs is 3. The van der Waals surface area contributed by atoms with Crippen molar-refractivity contribution in [3.8, 4) is 33.4 Å². The molecule has 0 nitrogen and oxygen atoms in total. The number of hydrogen-bond donors (Lipinski definition) is 0. The fourth-order valence-corrected chi connectivity index (χ4v) is 10.3. The summed E-state index contributed by atoms with van der Waals surface area (Å²) in [6, 6.07) is 90.4. The van der Waals surface area contributed by atoms with Gasteiger partial charge in [-0.2, -0.15) is 0 Å². The summed E-state index contributed by atoms with van der Waals surface area (Å²) >= 11 is 0. The molecule has 10 aromatic carbocycles. The van der Waals surface area contributed by atoms with Gasteiger partial charge in [0.15, 0.2) is 0 Å². The molecule has 0 radical (unpaired) electrons. The smallest absolute Gasteiger partial charge is 0.0622 e. The SMILES string of the molecule is Cc1ccc(C(=Cc2ccc(C3(c4ccc(C=C(c5ccc(C)cc5)c5ccc(C)cc5)cc4)c4cc(-c5ccccc5)ccc4-c4ccc(-c5ccccc5)cc43)cc2)c2ccc(C)cc2)cc1. The normalized spacial score (nSPS) is 12.2. The summed E-state index contributed by atoms with van der Waals surface area (Å²) in [6.45, 7) is 8.60. The van der Waals surface area contributed by atoms with Crippen molar-refractivity contribution in [3.63, 3.8) is 0 Å². The largest absolute Gasteiger partial charge is 0.0714 e. The second-order valence-electron chi connectivity index (χ2n) is 18.8. The van der Waals surface area contributed by atoms with Gasteiger partial charge < -0.3 is 0 Å². The highest BCUT2D eigenvalue weighted by molar-refractivity contribution is 5.94. The lowest BCUT2D eigenvalue weighted by atomic mass is 9.67. The van der Waals surface area contributed by atoms with Crippen molar-refractivity contribution in [2.75, 3.05) is 0 Å². The fraction of sp³-hybridized carbons (Fsp3) is 0.0725. The Balaban J connectivity index is 1.13. The number of hydrogen-bond acceptors (Lipinski definition) is 0. The Bertz CT molecular complexity index is 3140. The Morgan fingerprint density at radius 2 is 0.594 bits per heavy atom. The molecule has 0 bridgehead atoms. The van der Waals surface area contributed by atoms with E-state index in [1.54, 1.807) is 0 Å². The van der Waals surface area contributed by atoms with E-state index in [4.69, 9.17) is 0 Å². The van der Waals surface area contributed by atoms with E-state index in [-0.39, 0.29) is 0 Å². The molecule has 0 fully saturated rings. The first-order valence-corrected chi connectivity index (χ1v) is 24.1. The molecule has 0 N–H and O–H groups in total. The highest BCUT2D eigenvalue weighted by Gasteiger charge is 2.46. The van der Waals surface area contributed by atoms with Crippen LogP contribution < -0.4 is 0 Å². The highest BCUT2D eigenvalue weighted by Crippen LogP contribution is 2.57. The van der Waals surface area contributed by atoms with Crippen molar-refractivity contribution < 1.29 is 0 Å². The molecular weight excluding hydrogens is 829 g/mol. The van der Waals surface area contributed by atoms with Crippen molar-refractivity contribution in [1.29, 1.82) is 0 Å². The zero-order valence-electron chi connectivity index (χ0n) is 39.7. The van der Waals surface area contributed by atoms with Crippen molar-refractivity contribution in [2.24, 2.45) is 0 Å². The summed E-state index contributed by atoms with van der Waals surface area (Å²) in [4.78, 5) is 0. The average Bonchev–Trinajstić information content (AvgIpc) is 3.69. The minimum Gasteiger partial charge on any atom is -0.0622 e. The summed E-state index contributed by atoms with van der Waals surface area (Å²) < 4.78 is 0. The van der Waals surface area contributed by atoms with E-state index in [2.05, 4.69) is 283 Å². The molecule has 1 aliphatic rings. The molecule has 69 heavy (non-hydrogen) atoms. The van der Waals surface area contributed by atoms with E-state index >= 15 is 0 Å². The Morgan fingerprint density at radius 1 is 0.290 bits per heavy atom. The second-order valence-corrected chi connectivity index (χ2v) is 18.8. The van der Waals surface area contributed by atoms with Crippen LogP contribution in [0, 0.1) is 27.7 Å². The van der Waals surface area contributed by atoms with E-state index in [9.17, 15) is 0 Å². The molecule has 0 aromatic heterocycles. The van der Waals surface area contributed by atoms with Gasteiger partial charge in [-0.05, 0) is 152 Å². The molecule has 11 rings (SSSR count). The minimum atomic E-state index is -0.641. The summed E-state index contributed by atoms with van der Waals surface area (Å²) in [5.41, 5.74) is 26.3. The highest BCUT2D eigenvalue weighted by atomic mass is 14.5. The van der Waals surface area contributed by atoms with Gasteiger partial charge in [-0.1, -0.05) is 253 Å². The Hall–Kier alpha value is -8.32. The topological polar surface area (TPSA) is 0 Å². The Kier molecular flexibility index (Phi) is 11.5. The molecule has 0 saturated carbocycles. The van der Waals surface area contributed by atoms with Gasteiger partial charge in [0.25, 0.3) is 0 Å². The Labute approximate surface area is 408 Å². The maximum atomic E-state index is 2.47. The van der Waals surface area contributed by atoms with Crippen LogP contribution in [0.1, 0.15) is 77.9 Å². The lowest BCUT2D eigenvalue weighted by Crippen LogP contribution is -2.28.